The number of hydrogen-bond donors (Lipinski definition) is 3. The Hall–Kier alpha value is -2.20. The van der Waals surface area contributed by atoms with Gasteiger partial charge in [-0.15, -0.1) is 0 Å². The molecule has 2 rings (SSSR count). The summed E-state index contributed by atoms with van der Waals surface area (Å²) in [4.78, 5) is 12.1. The number of nitrogens with one attached hydrogen (secondary N) is 1. The highest BCUT2D eigenvalue weighted by Gasteiger charge is 2.18. The summed E-state index contributed by atoms with van der Waals surface area (Å²) in [7, 11) is 0. The number of phenolic OH excluding ortho intramolecular Hbond substituents is 2. The van der Waals surface area contributed by atoms with Gasteiger partial charge in [0.2, 0.25) is 0 Å². The number of carbonyl (C=O) groups excluding carboxylic acids is 1. The molecule has 0 saturated carbocycles. The van der Waals surface area contributed by atoms with E-state index < -0.39 is 5.91 Å². The van der Waals surface area contributed by atoms with Gasteiger partial charge in [0.05, 0.1) is 6.04 Å². The molecule has 20 heavy (non-hydrogen) atoms. The molecule has 0 aliphatic rings. The molecule has 0 spiro atoms. The average Bonchev–Trinajstić information content (AvgIpc) is 2.39. The smallest absolute Gasteiger partial charge is 0.259 e. The normalized spacial score (nSPS) is 11.9. The molecule has 1 atom stereocenters. The topological polar surface area (TPSA) is 69.6 Å². The first kappa shape index (κ1) is 14.2. The van der Waals surface area contributed by atoms with Gasteiger partial charge in [0.25, 0.3) is 5.91 Å². The Morgan fingerprint density at radius 1 is 1.10 bits per heavy atom. The SMILES string of the molecule is CC(NC(=O)c1c(O)cccc1O)c1ccc(Cl)cc1. The molecular formula is C15H14ClNO3. The fourth-order valence-corrected chi connectivity index (χ4v) is 1.99. The van der Waals surface area contributed by atoms with Gasteiger partial charge in [-0.25, -0.2) is 0 Å². The maximum absolute atomic E-state index is 12.1. The molecule has 0 aliphatic heterocycles. The predicted octanol–water partition coefficient (Wildman–Crippen LogP) is 3.24. The second kappa shape index (κ2) is 5.84. The van der Waals surface area contributed by atoms with Gasteiger partial charge in [0, 0.05) is 5.02 Å². The Bertz CT molecular complexity index is 605. The Kier molecular flexibility index (Phi) is 4.15. The summed E-state index contributed by atoms with van der Waals surface area (Å²) in [5, 5.41) is 22.6. The number of amides is 1. The minimum Gasteiger partial charge on any atom is -0.507 e. The lowest BCUT2D eigenvalue weighted by Crippen LogP contribution is -2.26. The van der Waals surface area contributed by atoms with Gasteiger partial charge in [0.15, 0.2) is 0 Å². The molecule has 0 fully saturated rings. The number of benzene rings is 2. The second-order valence-corrected chi connectivity index (χ2v) is 4.85. The lowest BCUT2D eigenvalue weighted by Gasteiger charge is -2.15. The molecule has 0 aliphatic carbocycles. The van der Waals surface area contributed by atoms with Gasteiger partial charge >= 0.3 is 0 Å². The van der Waals surface area contributed by atoms with Gasteiger partial charge in [-0.2, -0.15) is 0 Å². The van der Waals surface area contributed by atoms with Gasteiger partial charge in [0.1, 0.15) is 17.1 Å². The molecule has 2 aromatic carbocycles. The number of rotatable bonds is 3. The van der Waals surface area contributed by atoms with E-state index in [4.69, 9.17) is 11.6 Å². The van der Waals surface area contributed by atoms with Gasteiger partial charge < -0.3 is 15.5 Å². The Labute approximate surface area is 121 Å². The van der Waals surface area contributed by atoms with Crippen LogP contribution in [-0.2, 0) is 0 Å². The van der Waals surface area contributed by atoms with E-state index in [-0.39, 0.29) is 23.1 Å². The van der Waals surface area contributed by atoms with Crippen LogP contribution in [0.2, 0.25) is 5.02 Å². The van der Waals surface area contributed by atoms with E-state index in [0.717, 1.165) is 5.56 Å². The van der Waals surface area contributed by atoms with Gasteiger partial charge in [-0.1, -0.05) is 29.8 Å². The minimum absolute atomic E-state index is 0.131. The zero-order valence-corrected chi connectivity index (χ0v) is 11.6. The highest BCUT2D eigenvalue weighted by molar-refractivity contribution is 6.30. The van der Waals surface area contributed by atoms with Crippen molar-refractivity contribution in [2.75, 3.05) is 0 Å². The zero-order chi connectivity index (χ0) is 14.7. The molecule has 3 N–H and O–H groups in total. The molecule has 2 aromatic rings. The molecule has 0 saturated heterocycles. The molecule has 5 heteroatoms. The van der Waals surface area contributed by atoms with Crippen molar-refractivity contribution in [2.24, 2.45) is 0 Å². The lowest BCUT2D eigenvalue weighted by atomic mass is 10.1. The van der Waals surface area contributed by atoms with E-state index in [0.29, 0.717) is 5.02 Å². The standard InChI is InChI=1S/C15H14ClNO3/c1-9(10-5-7-11(16)8-6-10)17-15(20)14-12(18)3-2-4-13(14)19/h2-9,18-19H,1H3,(H,17,20). The van der Waals surface area contributed by atoms with Crippen LogP contribution < -0.4 is 5.32 Å². The van der Waals surface area contributed by atoms with Crippen molar-refractivity contribution in [3.63, 3.8) is 0 Å². The van der Waals surface area contributed by atoms with E-state index in [1.807, 2.05) is 0 Å². The van der Waals surface area contributed by atoms with Gasteiger partial charge in [-0.3, -0.25) is 4.79 Å². The van der Waals surface area contributed by atoms with E-state index in [1.165, 1.54) is 18.2 Å². The first-order valence-corrected chi connectivity index (χ1v) is 6.44. The van der Waals surface area contributed by atoms with Crippen molar-refractivity contribution in [1.82, 2.24) is 5.32 Å². The fourth-order valence-electron chi connectivity index (χ4n) is 1.86. The van der Waals surface area contributed by atoms with Crippen LogP contribution >= 0.6 is 11.6 Å². The quantitative estimate of drug-likeness (QED) is 0.813. The summed E-state index contributed by atoms with van der Waals surface area (Å²) in [6.45, 7) is 1.80. The summed E-state index contributed by atoms with van der Waals surface area (Å²) >= 11 is 5.81. The molecule has 1 amide bonds. The molecule has 0 aromatic heterocycles. The van der Waals surface area contributed by atoms with Crippen molar-refractivity contribution in [1.29, 1.82) is 0 Å². The maximum atomic E-state index is 12.1. The van der Waals surface area contributed by atoms with Crippen LogP contribution in [0.4, 0.5) is 0 Å². The Morgan fingerprint density at radius 2 is 1.65 bits per heavy atom. The van der Waals surface area contributed by atoms with Crippen LogP contribution in [0.25, 0.3) is 0 Å². The predicted molar refractivity (Wildman–Crippen MR) is 77.1 cm³/mol. The molecule has 0 heterocycles. The van der Waals surface area contributed by atoms with Crippen LogP contribution in [0, 0.1) is 0 Å². The van der Waals surface area contributed by atoms with E-state index >= 15 is 0 Å². The molecule has 1 unspecified atom stereocenters. The molecule has 4 nitrogen and oxygen atoms in total. The summed E-state index contributed by atoms with van der Waals surface area (Å²) < 4.78 is 0. The van der Waals surface area contributed by atoms with Crippen LogP contribution in [-0.4, -0.2) is 16.1 Å². The number of hydrogen-bond acceptors (Lipinski definition) is 3. The highest BCUT2D eigenvalue weighted by Crippen LogP contribution is 2.27. The average molecular weight is 292 g/mol. The molecule has 0 radical (unpaired) electrons. The van der Waals surface area contributed by atoms with Crippen LogP contribution in [0.3, 0.4) is 0 Å². The van der Waals surface area contributed by atoms with E-state index in [2.05, 4.69) is 5.32 Å². The van der Waals surface area contributed by atoms with Crippen molar-refractivity contribution < 1.29 is 15.0 Å². The maximum Gasteiger partial charge on any atom is 0.259 e. The largest absolute Gasteiger partial charge is 0.507 e. The zero-order valence-electron chi connectivity index (χ0n) is 10.8. The minimum atomic E-state index is -0.539. The summed E-state index contributed by atoms with van der Waals surface area (Å²) in [6.07, 6.45) is 0. The number of carbonyl (C=O) groups is 1. The third-order valence-electron chi connectivity index (χ3n) is 2.97. The molecular weight excluding hydrogens is 278 g/mol. The fraction of sp³-hybridized carbons (Fsp3) is 0.133. The second-order valence-electron chi connectivity index (χ2n) is 4.42. The van der Waals surface area contributed by atoms with E-state index in [9.17, 15) is 15.0 Å². The van der Waals surface area contributed by atoms with Crippen LogP contribution in [0.5, 0.6) is 11.5 Å². The summed E-state index contributed by atoms with van der Waals surface area (Å²) in [5.74, 6) is -1.06. The molecule has 0 bridgehead atoms. The Balaban J connectivity index is 2.17. The molecule has 104 valence electrons. The monoisotopic (exact) mass is 291 g/mol. The number of phenols is 2. The van der Waals surface area contributed by atoms with Crippen LogP contribution in [0.15, 0.2) is 42.5 Å². The first-order chi connectivity index (χ1) is 9.49. The third kappa shape index (κ3) is 3.03. The summed E-state index contributed by atoms with van der Waals surface area (Å²) in [6, 6.07) is 11.0. The highest BCUT2D eigenvalue weighted by atomic mass is 35.5. The third-order valence-corrected chi connectivity index (χ3v) is 3.22. The Morgan fingerprint density at radius 3 is 2.20 bits per heavy atom. The van der Waals surface area contributed by atoms with Crippen molar-refractivity contribution in [3.05, 3.63) is 58.6 Å². The van der Waals surface area contributed by atoms with Crippen molar-refractivity contribution in [3.8, 4) is 11.5 Å². The number of halogens is 1. The lowest BCUT2D eigenvalue weighted by molar-refractivity contribution is 0.0934. The van der Waals surface area contributed by atoms with Crippen molar-refractivity contribution >= 4 is 17.5 Å². The number of aromatic hydroxyl groups is 2. The first-order valence-electron chi connectivity index (χ1n) is 6.06. The van der Waals surface area contributed by atoms with Gasteiger partial charge in [-0.05, 0) is 36.8 Å². The van der Waals surface area contributed by atoms with E-state index in [1.54, 1.807) is 31.2 Å². The van der Waals surface area contributed by atoms with Crippen LogP contribution in [0.1, 0.15) is 28.9 Å². The van der Waals surface area contributed by atoms with Crippen molar-refractivity contribution in [2.45, 2.75) is 13.0 Å². The summed E-state index contributed by atoms with van der Waals surface area (Å²) in [5.41, 5.74) is 0.742.